The van der Waals surface area contributed by atoms with E-state index < -0.39 is 0 Å². The molecule has 0 atom stereocenters. The van der Waals surface area contributed by atoms with Gasteiger partial charge in [-0.15, -0.1) is 0 Å². The zero-order chi connectivity index (χ0) is 20.3. The van der Waals surface area contributed by atoms with Gasteiger partial charge in [0.05, 0.1) is 0 Å². The van der Waals surface area contributed by atoms with Gasteiger partial charge < -0.3 is 0 Å². The van der Waals surface area contributed by atoms with Crippen LogP contribution in [0.25, 0.3) is 0 Å². The zero-order valence-electron chi connectivity index (χ0n) is 18.9. The van der Waals surface area contributed by atoms with Crippen LogP contribution in [0.1, 0.15) is 113 Å². The maximum Gasteiger partial charge on any atom is -0.0219 e. The molecule has 0 aliphatic heterocycles. The van der Waals surface area contributed by atoms with E-state index in [-0.39, 0.29) is 14.9 Å². The third-order valence-electron chi connectivity index (χ3n) is 3.21. The molecule has 0 N–H and O–H groups in total. The van der Waals surface area contributed by atoms with Gasteiger partial charge in [-0.1, -0.05) is 144 Å². The Morgan fingerprint density at radius 3 is 1.04 bits per heavy atom. The average molecular weight is 377 g/mol. The van der Waals surface area contributed by atoms with Crippen LogP contribution in [0.15, 0.2) is 54.6 Å². The van der Waals surface area contributed by atoms with E-state index in [9.17, 15) is 0 Å². The van der Waals surface area contributed by atoms with E-state index in [1.165, 1.54) is 16.7 Å². The lowest BCUT2D eigenvalue weighted by Gasteiger charge is -2.03. The van der Waals surface area contributed by atoms with Gasteiger partial charge in [-0.05, 0) is 29.9 Å². The summed E-state index contributed by atoms with van der Waals surface area (Å²) in [5.74, 6) is 1.31. The van der Waals surface area contributed by atoms with Crippen molar-refractivity contribution < 1.29 is 0 Å². The molecule has 2 aromatic rings. The lowest BCUT2D eigenvalue weighted by Crippen LogP contribution is -1.85. The zero-order valence-corrected chi connectivity index (χ0v) is 18.9. The molecule has 160 valence electrons. The minimum atomic E-state index is 0. The van der Waals surface area contributed by atoms with Crippen LogP contribution in [-0.4, -0.2) is 0 Å². The number of hydrogen-bond donors (Lipinski definition) is 0. The Labute approximate surface area is 174 Å². The van der Waals surface area contributed by atoms with E-state index in [1.54, 1.807) is 0 Å². The van der Waals surface area contributed by atoms with Gasteiger partial charge in [0.1, 0.15) is 0 Å². The molecule has 0 nitrogen and oxygen atoms in total. The predicted octanol–water partition coefficient (Wildman–Crippen LogP) is 10.3. The molecular formula is C27H52. The van der Waals surface area contributed by atoms with Gasteiger partial charge >= 0.3 is 0 Å². The van der Waals surface area contributed by atoms with Gasteiger partial charge in [0.25, 0.3) is 0 Å². The highest BCUT2D eigenvalue weighted by molar-refractivity contribution is 5.23. The van der Waals surface area contributed by atoms with Gasteiger partial charge in [0.15, 0.2) is 0 Å². The summed E-state index contributed by atoms with van der Waals surface area (Å²) in [7, 11) is 0. The molecule has 0 aliphatic carbocycles. The summed E-state index contributed by atoms with van der Waals surface area (Å²) in [6.45, 7) is 22.9. The fraction of sp³-hybridized carbons (Fsp3) is 0.556. The molecule has 2 aromatic carbocycles. The molecule has 0 saturated heterocycles. The molecule has 0 radical (unpaired) electrons. The van der Waals surface area contributed by atoms with Crippen molar-refractivity contribution in [2.24, 2.45) is 0 Å². The Morgan fingerprint density at radius 2 is 0.778 bits per heavy atom. The summed E-state index contributed by atoms with van der Waals surface area (Å²) in [6.07, 6.45) is 0. The molecule has 27 heavy (non-hydrogen) atoms. The van der Waals surface area contributed by atoms with Crippen molar-refractivity contribution in [2.45, 2.75) is 103 Å². The van der Waals surface area contributed by atoms with Gasteiger partial charge in [0, 0.05) is 0 Å². The third kappa shape index (κ3) is 20.6. The smallest absolute Gasteiger partial charge is 0.0219 e. The van der Waals surface area contributed by atoms with Crippen LogP contribution >= 0.6 is 0 Å². The number of rotatable bonds is 2. The molecule has 0 heteroatoms. The largest absolute Gasteiger partial charge is 0.0776 e. The second-order valence-electron chi connectivity index (χ2n) is 5.63. The summed E-state index contributed by atoms with van der Waals surface area (Å²) < 4.78 is 0. The number of aryl methyl sites for hydroxylation is 1. The second-order valence-corrected chi connectivity index (χ2v) is 5.63. The minimum absolute atomic E-state index is 0. The van der Waals surface area contributed by atoms with Crippen molar-refractivity contribution in [3.05, 3.63) is 71.3 Å². The lowest BCUT2D eigenvalue weighted by molar-refractivity contribution is 0.866. The highest BCUT2D eigenvalue weighted by atomic mass is 14.0. The average Bonchev–Trinajstić information content (AvgIpc) is 2.68. The summed E-state index contributed by atoms with van der Waals surface area (Å²) >= 11 is 0. The first kappa shape index (κ1) is 36.4. The van der Waals surface area contributed by atoms with E-state index in [0.717, 1.165) is 0 Å². The van der Waals surface area contributed by atoms with Crippen molar-refractivity contribution >= 4 is 0 Å². The van der Waals surface area contributed by atoms with Gasteiger partial charge in [-0.3, -0.25) is 0 Å². The van der Waals surface area contributed by atoms with Crippen LogP contribution in [-0.2, 0) is 0 Å². The summed E-state index contributed by atoms with van der Waals surface area (Å²) in [6, 6.07) is 19.2. The van der Waals surface area contributed by atoms with Crippen molar-refractivity contribution in [3.63, 3.8) is 0 Å². The molecule has 0 spiro atoms. The summed E-state index contributed by atoms with van der Waals surface area (Å²) in [4.78, 5) is 0. The molecule has 2 rings (SSSR count). The molecule has 0 bridgehead atoms. The third-order valence-corrected chi connectivity index (χ3v) is 3.21. The Kier molecular flexibility index (Phi) is 35.9. The predicted molar refractivity (Wildman–Crippen MR) is 133 cm³/mol. The summed E-state index contributed by atoms with van der Waals surface area (Å²) in [5, 5.41) is 0. The van der Waals surface area contributed by atoms with Crippen LogP contribution in [0.2, 0.25) is 0 Å². The molecular weight excluding hydrogens is 324 g/mol. The monoisotopic (exact) mass is 376 g/mol. The van der Waals surface area contributed by atoms with Gasteiger partial charge in [-0.2, -0.15) is 0 Å². The Balaban J connectivity index is -0.0000000886. The molecule has 0 amide bonds. The maximum absolute atomic E-state index is 2.21. The van der Waals surface area contributed by atoms with Gasteiger partial charge in [-0.25, -0.2) is 0 Å². The van der Waals surface area contributed by atoms with Crippen LogP contribution in [0.5, 0.6) is 0 Å². The fourth-order valence-corrected chi connectivity index (χ4v) is 1.79. The van der Waals surface area contributed by atoms with Gasteiger partial charge in [0.2, 0.25) is 0 Å². The quantitative estimate of drug-likeness (QED) is 0.489. The SMILES string of the molecule is C.C.CC.CC.CC.CC(C)c1ccccc1.Cc1ccc(C(C)C)cc1. The van der Waals surface area contributed by atoms with E-state index in [4.69, 9.17) is 0 Å². The first-order valence-electron chi connectivity index (χ1n) is 10.1. The Bertz CT molecular complexity index is 449. The normalized spacial score (nSPS) is 7.89. The molecule has 0 fully saturated rings. The van der Waals surface area contributed by atoms with E-state index in [2.05, 4.69) is 83.1 Å². The van der Waals surface area contributed by atoms with Crippen LogP contribution < -0.4 is 0 Å². The second kappa shape index (κ2) is 26.7. The summed E-state index contributed by atoms with van der Waals surface area (Å²) in [5.41, 5.74) is 4.17. The fourth-order valence-electron chi connectivity index (χ4n) is 1.79. The van der Waals surface area contributed by atoms with Crippen LogP contribution in [0, 0.1) is 6.92 Å². The van der Waals surface area contributed by atoms with Crippen LogP contribution in [0.4, 0.5) is 0 Å². The van der Waals surface area contributed by atoms with Crippen molar-refractivity contribution in [1.29, 1.82) is 0 Å². The van der Waals surface area contributed by atoms with Crippen molar-refractivity contribution in [3.8, 4) is 0 Å². The first-order chi connectivity index (χ1) is 12.0. The number of benzene rings is 2. The van der Waals surface area contributed by atoms with Crippen molar-refractivity contribution in [1.82, 2.24) is 0 Å². The van der Waals surface area contributed by atoms with E-state index >= 15 is 0 Å². The van der Waals surface area contributed by atoms with Crippen LogP contribution in [0.3, 0.4) is 0 Å². The number of hydrogen-bond acceptors (Lipinski definition) is 0. The van der Waals surface area contributed by atoms with E-state index in [0.29, 0.717) is 11.8 Å². The lowest BCUT2D eigenvalue weighted by atomic mass is 10.0. The van der Waals surface area contributed by atoms with Crippen molar-refractivity contribution in [2.75, 3.05) is 0 Å². The highest BCUT2D eigenvalue weighted by Crippen LogP contribution is 2.13. The Hall–Kier alpha value is -1.56. The molecule has 0 aliphatic rings. The topological polar surface area (TPSA) is 0 Å². The van der Waals surface area contributed by atoms with E-state index in [1.807, 2.05) is 47.6 Å². The standard InChI is InChI=1S/C10H14.C9H12.3C2H6.2CH4/c1-8(2)10-6-4-9(3)5-7-10;1-8(2)9-6-4-3-5-7-9;3*1-2;;/h4-8H,1-3H3;3-8H,1-2H3;3*1-2H3;2*1H4. The Morgan fingerprint density at radius 1 is 0.481 bits per heavy atom. The first-order valence-corrected chi connectivity index (χ1v) is 10.1. The molecule has 0 unspecified atom stereocenters. The maximum atomic E-state index is 2.21. The minimum Gasteiger partial charge on any atom is -0.0776 e. The molecule has 0 saturated carbocycles. The molecule has 0 heterocycles. The molecule has 0 aromatic heterocycles. The highest BCUT2D eigenvalue weighted by Gasteiger charge is 1.95.